The highest BCUT2D eigenvalue weighted by Gasteiger charge is 2.32. The van der Waals surface area contributed by atoms with Gasteiger partial charge < -0.3 is 24.4 Å². The Morgan fingerprint density at radius 2 is 0.985 bits per heavy atom. The van der Waals surface area contributed by atoms with E-state index in [1.54, 1.807) is 71.9 Å². The molecule has 0 aliphatic heterocycles. The summed E-state index contributed by atoms with van der Waals surface area (Å²) in [6.07, 6.45) is -9.64. The number of ether oxygens (including phenoxy) is 3. The second-order valence-corrected chi connectivity index (χ2v) is 18.8. The summed E-state index contributed by atoms with van der Waals surface area (Å²) in [5.74, 6) is 1.95. The molecule has 0 aliphatic rings. The molecule has 9 nitrogen and oxygen atoms in total. The van der Waals surface area contributed by atoms with Gasteiger partial charge in [-0.15, -0.1) is 22.7 Å². The van der Waals surface area contributed by atoms with E-state index in [-0.39, 0.29) is 23.4 Å². The number of thiazole rings is 2. The molecule has 360 valence electrons. The first-order chi connectivity index (χ1) is 30.9. The van der Waals surface area contributed by atoms with Crippen molar-refractivity contribution < 1.29 is 60.4 Å². The van der Waals surface area contributed by atoms with Crippen molar-refractivity contribution in [2.24, 2.45) is 0 Å². The molecule has 0 amide bonds. The zero-order valence-corrected chi connectivity index (χ0v) is 40.8. The van der Waals surface area contributed by atoms with Crippen LogP contribution in [0.5, 0.6) is 23.0 Å². The van der Waals surface area contributed by atoms with E-state index < -0.39 is 40.8 Å². The number of phenols is 1. The molecule has 0 aliphatic carbocycles. The van der Waals surface area contributed by atoms with Gasteiger partial charge in [0.1, 0.15) is 39.1 Å². The Morgan fingerprint density at radius 3 is 1.34 bits per heavy atom. The summed E-state index contributed by atoms with van der Waals surface area (Å²) >= 11 is 2.68. The van der Waals surface area contributed by atoms with Gasteiger partial charge in [0.2, 0.25) is 0 Å². The van der Waals surface area contributed by atoms with Crippen LogP contribution < -0.4 is 14.2 Å². The van der Waals surface area contributed by atoms with Gasteiger partial charge in [-0.25, -0.2) is 9.97 Å². The number of halogens is 6. The number of ketones is 2. The van der Waals surface area contributed by atoms with Crippen LogP contribution in [0, 0.1) is 27.7 Å². The quantitative estimate of drug-likeness (QED) is 0.115. The second kappa shape index (κ2) is 21.5. The van der Waals surface area contributed by atoms with Crippen LogP contribution in [0.25, 0.3) is 21.1 Å². The standard InChI is InChI=1S/C25H26F3NO3S.C13H12F3NOS.C12H16O3/c1-14-13-20(11-12-21(14)32-24(5,6)17(4)30)31-16(3)22-15(2)29-23(33-22)18-7-9-19(10-8-18)25(26,27)28;1-7-11(8(2)18)19-12(17-7)9-3-5-10(6-4-9)13(14,15)16;1-8-7-10(14)5-6-11(8)15-12(3,4)9(2)13/h7-13,16H,1-6H3;3-6,8,18H,1-2H3;5-7,14H,1-4H3. The van der Waals surface area contributed by atoms with Crippen molar-refractivity contribution in [1.82, 2.24) is 9.97 Å². The predicted octanol–water partition coefficient (Wildman–Crippen LogP) is 14.0. The highest BCUT2D eigenvalue weighted by molar-refractivity contribution is 7.15. The topological polar surface area (TPSA) is 128 Å². The fourth-order valence-corrected chi connectivity index (χ4v) is 8.00. The van der Waals surface area contributed by atoms with Gasteiger partial charge in [0.25, 0.3) is 0 Å². The smallest absolute Gasteiger partial charge is 0.416 e. The fraction of sp³-hybridized carbons (Fsp3) is 0.360. The summed E-state index contributed by atoms with van der Waals surface area (Å²) in [5.41, 5.74) is 1.23. The van der Waals surface area contributed by atoms with Gasteiger partial charge in [-0.05, 0) is 155 Å². The number of aryl methyl sites for hydroxylation is 4. The minimum Gasteiger partial charge on any atom is -0.508 e. The van der Waals surface area contributed by atoms with Gasteiger partial charge in [0, 0.05) is 11.1 Å². The molecule has 4 aromatic carbocycles. The van der Waals surface area contributed by atoms with Crippen molar-refractivity contribution in [2.45, 2.75) is 119 Å². The molecule has 2 aromatic heterocycles. The number of benzene rings is 4. The van der Waals surface area contributed by atoms with Crippen LogP contribution in [0.3, 0.4) is 0 Å². The Balaban J connectivity index is 0.000000243. The average Bonchev–Trinajstić information content (AvgIpc) is 3.82. The number of aliphatic hydroxyl groups excluding tert-OH is 1. The molecular formula is C50H54F6N2O7S2. The molecule has 2 atom stereocenters. The molecule has 0 spiro atoms. The minimum absolute atomic E-state index is 0.0324. The van der Waals surface area contributed by atoms with E-state index in [9.17, 15) is 46.1 Å². The highest BCUT2D eigenvalue weighted by Crippen LogP contribution is 2.38. The number of carbonyl (C=O) groups excluding carboxylic acids is 2. The molecule has 67 heavy (non-hydrogen) atoms. The van der Waals surface area contributed by atoms with E-state index in [1.807, 2.05) is 33.8 Å². The van der Waals surface area contributed by atoms with Crippen LogP contribution in [0.2, 0.25) is 0 Å². The van der Waals surface area contributed by atoms with E-state index in [4.69, 9.17) is 14.2 Å². The van der Waals surface area contributed by atoms with E-state index in [1.165, 1.54) is 60.8 Å². The van der Waals surface area contributed by atoms with E-state index in [0.29, 0.717) is 44.1 Å². The molecular weight excluding hydrogens is 919 g/mol. The Hall–Kier alpha value is -5.78. The van der Waals surface area contributed by atoms with E-state index in [2.05, 4.69) is 9.97 Å². The third-order valence-corrected chi connectivity index (χ3v) is 13.1. The lowest BCUT2D eigenvalue weighted by Gasteiger charge is -2.25. The summed E-state index contributed by atoms with van der Waals surface area (Å²) in [6.45, 7) is 20.7. The molecule has 0 radical (unpaired) electrons. The number of nitrogens with zero attached hydrogens (tertiary/aromatic N) is 2. The maximum atomic E-state index is 12.8. The SMILES string of the molecule is CC(=O)C(C)(C)Oc1ccc(O)cc1C.CC(=O)C(C)(C)Oc1ccc(OC(C)c2sc(-c3ccc(C(F)(F)F)cc3)nc2C)cc1C.Cc1nc(-c2ccc(C(F)(F)F)cc2)sc1C(C)O. The monoisotopic (exact) mass is 972 g/mol. The minimum atomic E-state index is -4.37. The van der Waals surface area contributed by atoms with Crippen molar-refractivity contribution in [3.8, 4) is 44.1 Å². The molecule has 0 saturated heterocycles. The van der Waals surface area contributed by atoms with Crippen molar-refractivity contribution in [3.63, 3.8) is 0 Å². The van der Waals surface area contributed by atoms with Gasteiger partial charge in [0.15, 0.2) is 22.8 Å². The third-order valence-electron chi connectivity index (χ3n) is 10.4. The molecule has 0 bridgehead atoms. The van der Waals surface area contributed by atoms with Crippen LogP contribution in [-0.2, 0) is 21.9 Å². The fourth-order valence-electron chi connectivity index (χ4n) is 5.94. The van der Waals surface area contributed by atoms with Crippen molar-refractivity contribution in [1.29, 1.82) is 0 Å². The molecule has 17 heteroatoms. The summed E-state index contributed by atoms with van der Waals surface area (Å²) in [6, 6.07) is 20.0. The summed E-state index contributed by atoms with van der Waals surface area (Å²) < 4.78 is 93.4. The lowest BCUT2D eigenvalue weighted by molar-refractivity contribution is -0.138. The van der Waals surface area contributed by atoms with Crippen LogP contribution in [-0.4, -0.2) is 42.9 Å². The molecule has 6 aromatic rings. The first-order valence-electron chi connectivity index (χ1n) is 20.8. The third kappa shape index (κ3) is 14.6. The van der Waals surface area contributed by atoms with Crippen LogP contribution in [0.1, 0.15) is 111 Å². The van der Waals surface area contributed by atoms with E-state index >= 15 is 0 Å². The molecule has 0 saturated carbocycles. The lowest BCUT2D eigenvalue weighted by Crippen LogP contribution is -2.36. The molecule has 2 N–H and O–H groups in total. The highest BCUT2D eigenvalue weighted by atomic mass is 32.1. The number of rotatable bonds is 12. The molecule has 6 rings (SSSR count). The lowest BCUT2D eigenvalue weighted by atomic mass is 10.0. The molecule has 2 unspecified atom stereocenters. The normalized spacial score (nSPS) is 12.8. The van der Waals surface area contributed by atoms with Crippen LogP contribution in [0.4, 0.5) is 26.3 Å². The number of aromatic nitrogens is 2. The largest absolute Gasteiger partial charge is 0.508 e. The summed E-state index contributed by atoms with van der Waals surface area (Å²) in [5, 5.41) is 20.0. The molecule has 2 heterocycles. The second-order valence-electron chi connectivity index (χ2n) is 16.7. The first-order valence-corrected chi connectivity index (χ1v) is 22.5. The van der Waals surface area contributed by atoms with Gasteiger partial charge in [-0.1, -0.05) is 24.3 Å². The van der Waals surface area contributed by atoms with Crippen LogP contribution in [0.15, 0.2) is 84.9 Å². The number of aromatic hydroxyl groups is 1. The maximum Gasteiger partial charge on any atom is 0.416 e. The first kappa shape index (κ1) is 53.8. The van der Waals surface area contributed by atoms with E-state index in [0.717, 1.165) is 50.8 Å². The Kier molecular flexibility index (Phi) is 17.2. The number of aliphatic hydroxyl groups is 1. The van der Waals surface area contributed by atoms with Crippen molar-refractivity contribution in [2.75, 3.05) is 0 Å². The zero-order valence-electron chi connectivity index (χ0n) is 39.2. The van der Waals surface area contributed by atoms with Gasteiger partial charge >= 0.3 is 12.4 Å². The number of hydrogen-bond acceptors (Lipinski definition) is 11. The Labute approximate surface area is 394 Å². The summed E-state index contributed by atoms with van der Waals surface area (Å²) in [7, 11) is 0. The van der Waals surface area contributed by atoms with Crippen LogP contribution >= 0.6 is 22.7 Å². The average molecular weight is 973 g/mol. The Bertz CT molecular complexity index is 2650. The number of Topliss-reactive ketones (excluding diaryl/α,β-unsaturated/α-hetero) is 2. The van der Waals surface area contributed by atoms with Crippen molar-refractivity contribution >= 4 is 34.2 Å². The van der Waals surface area contributed by atoms with Gasteiger partial charge in [-0.2, -0.15) is 26.3 Å². The van der Waals surface area contributed by atoms with Crippen molar-refractivity contribution in [3.05, 3.63) is 128 Å². The van der Waals surface area contributed by atoms with Gasteiger partial charge in [0.05, 0.1) is 38.4 Å². The number of carbonyl (C=O) groups is 2. The van der Waals surface area contributed by atoms with Gasteiger partial charge in [-0.3, -0.25) is 9.59 Å². The zero-order chi connectivity index (χ0) is 50.4. The number of phenolic OH excluding ortho intramolecular Hbond substituents is 1. The summed E-state index contributed by atoms with van der Waals surface area (Å²) in [4.78, 5) is 33.4. The number of alkyl halides is 6. The Morgan fingerprint density at radius 1 is 0.597 bits per heavy atom. The molecule has 0 fully saturated rings. The maximum absolute atomic E-state index is 12.8. The number of hydrogen-bond donors (Lipinski definition) is 2. The predicted molar refractivity (Wildman–Crippen MR) is 249 cm³/mol.